The maximum Gasteiger partial charge on any atom is 0.472 e. The molecule has 0 aliphatic carbocycles. The van der Waals surface area contributed by atoms with Crippen LogP contribution in [-0.2, 0) is 65.4 Å². The Kier molecular flexibility index (Phi) is 62.4. The highest BCUT2D eigenvalue weighted by atomic mass is 31.2. The Morgan fingerprint density at radius 1 is 0.293 bits per heavy atom. The Morgan fingerprint density at radius 3 is 0.739 bits per heavy atom. The molecular weight excluding hydrogens is 1210 g/mol. The third-order valence-electron chi connectivity index (χ3n) is 16.9. The fraction of sp³-hybridized carbons (Fsp3) is 0.945. The Morgan fingerprint density at radius 2 is 0.500 bits per heavy atom. The molecular formula is C73H142O17P2. The fourth-order valence-corrected chi connectivity index (χ4v) is 12.7. The summed E-state index contributed by atoms with van der Waals surface area (Å²) in [6.07, 6.45) is 48.5. The molecule has 0 fully saturated rings. The topological polar surface area (TPSA) is 237 Å². The van der Waals surface area contributed by atoms with Gasteiger partial charge in [-0.2, -0.15) is 0 Å². The van der Waals surface area contributed by atoms with Crippen LogP contribution in [0.15, 0.2) is 0 Å². The van der Waals surface area contributed by atoms with Crippen molar-refractivity contribution in [3.63, 3.8) is 0 Å². The van der Waals surface area contributed by atoms with Gasteiger partial charge in [-0.15, -0.1) is 0 Å². The SMILES string of the molecule is CCCCCCCCCCCCCC(=O)OC[C@H](COP(=O)(O)OC[C@H](O)COP(=O)(O)OC[C@@H](COC(=O)CCCCCCCCCCCCC(C)C)OC(=O)CCCCCCCCCCCCCCCCC(C)C)OC(=O)CCCCCCCCCCC(C)C. The summed E-state index contributed by atoms with van der Waals surface area (Å²) in [4.78, 5) is 72.7. The Balaban J connectivity index is 5.25. The van der Waals surface area contributed by atoms with Crippen LogP contribution in [0.3, 0.4) is 0 Å². The van der Waals surface area contributed by atoms with Crippen LogP contribution in [0.5, 0.6) is 0 Å². The van der Waals surface area contributed by atoms with Crippen LogP contribution in [0.1, 0.15) is 370 Å². The molecule has 5 atom stereocenters. The van der Waals surface area contributed by atoms with Gasteiger partial charge in [0.2, 0.25) is 0 Å². The highest BCUT2D eigenvalue weighted by Crippen LogP contribution is 2.45. The molecule has 2 unspecified atom stereocenters. The lowest BCUT2D eigenvalue weighted by molar-refractivity contribution is -0.161. The monoisotopic (exact) mass is 1350 g/mol. The van der Waals surface area contributed by atoms with Crippen LogP contribution in [0.4, 0.5) is 0 Å². The predicted octanol–water partition coefficient (Wildman–Crippen LogP) is 21.0. The summed E-state index contributed by atoms with van der Waals surface area (Å²) < 4.78 is 68.4. The van der Waals surface area contributed by atoms with Crippen molar-refractivity contribution in [1.82, 2.24) is 0 Å². The van der Waals surface area contributed by atoms with Crippen LogP contribution in [0, 0.1) is 17.8 Å². The number of phosphoric ester groups is 2. The van der Waals surface area contributed by atoms with Gasteiger partial charge in [-0.1, -0.05) is 318 Å². The van der Waals surface area contributed by atoms with Crippen LogP contribution in [-0.4, -0.2) is 96.7 Å². The lowest BCUT2D eigenvalue weighted by Crippen LogP contribution is -2.30. The van der Waals surface area contributed by atoms with Crippen molar-refractivity contribution >= 4 is 39.5 Å². The summed E-state index contributed by atoms with van der Waals surface area (Å²) in [5.41, 5.74) is 0. The number of carbonyl (C=O) groups excluding carboxylic acids is 4. The molecule has 0 aromatic carbocycles. The molecule has 0 aliphatic rings. The number of hydrogen-bond acceptors (Lipinski definition) is 15. The fourth-order valence-electron chi connectivity index (χ4n) is 11.1. The van der Waals surface area contributed by atoms with E-state index < -0.39 is 97.5 Å². The van der Waals surface area contributed by atoms with Gasteiger partial charge in [0, 0.05) is 25.7 Å². The van der Waals surface area contributed by atoms with Gasteiger partial charge in [-0.25, -0.2) is 9.13 Å². The molecule has 19 heteroatoms. The van der Waals surface area contributed by atoms with Gasteiger partial charge in [0.05, 0.1) is 26.4 Å². The van der Waals surface area contributed by atoms with Crippen molar-refractivity contribution in [2.75, 3.05) is 39.6 Å². The third-order valence-corrected chi connectivity index (χ3v) is 18.8. The van der Waals surface area contributed by atoms with Crippen molar-refractivity contribution in [2.45, 2.75) is 388 Å². The van der Waals surface area contributed by atoms with Crippen LogP contribution in [0.25, 0.3) is 0 Å². The first kappa shape index (κ1) is 90.1. The van der Waals surface area contributed by atoms with E-state index >= 15 is 0 Å². The highest BCUT2D eigenvalue weighted by molar-refractivity contribution is 7.47. The van der Waals surface area contributed by atoms with Crippen molar-refractivity contribution in [3.05, 3.63) is 0 Å². The van der Waals surface area contributed by atoms with E-state index in [0.29, 0.717) is 25.7 Å². The minimum atomic E-state index is -4.95. The van der Waals surface area contributed by atoms with Gasteiger partial charge in [-0.05, 0) is 43.4 Å². The normalized spacial score (nSPS) is 14.1. The van der Waals surface area contributed by atoms with E-state index in [1.165, 1.54) is 180 Å². The Labute approximate surface area is 562 Å². The number of ether oxygens (including phenoxy) is 4. The molecule has 3 N–H and O–H groups in total. The van der Waals surface area contributed by atoms with E-state index in [1.54, 1.807) is 0 Å². The first-order valence-corrected chi connectivity index (χ1v) is 40.8. The van der Waals surface area contributed by atoms with Gasteiger partial charge in [0.15, 0.2) is 12.2 Å². The molecule has 0 saturated heterocycles. The van der Waals surface area contributed by atoms with Gasteiger partial charge in [0.25, 0.3) is 0 Å². The number of hydrogen-bond donors (Lipinski definition) is 3. The molecule has 0 aromatic rings. The summed E-state index contributed by atoms with van der Waals surface area (Å²) in [7, 11) is -9.91. The lowest BCUT2D eigenvalue weighted by atomic mass is 10.0. The molecule has 0 aromatic heterocycles. The van der Waals surface area contributed by atoms with E-state index in [1.807, 2.05) is 0 Å². The number of carbonyl (C=O) groups is 4. The second kappa shape index (κ2) is 63.8. The molecule has 0 amide bonds. The lowest BCUT2D eigenvalue weighted by Gasteiger charge is -2.21. The molecule has 546 valence electrons. The molecule has 92 heavy (non-hydrogen) atoms. The second-order valence-electron chi connectivity index (χ2n) is 27.8. The summed E-state index contributed by atoms with van der Waals surface area (Å²) in [5.74, 6) is 0.149. The van der Waals surface area contributed by atoms with Crippen LogP contribution >= 0.6 is 15.6 Å². The van der Waals surface area contributed by atoms with Gasteiger partial charge >= 0.3 is 39.5 Å². The molecule has 0 spiro atoms. The first-order chi connectivity index (χ1) is 44.2. The second-order valence-corrected chi connectivity index (χ2v) is 30.7. The zero-order chi connectivity index (χ0) is 68.0. The van der Waals surface area contributed by atoms with Gasteiger partial charge in [0.1, 0.15) is 19.3 Å². The molecule has 0 rings (SSSR count). The molecule has 0 bridgehead atoms. The number of aliphatic hydroxyl groups excluding tert-OH is 1. The minimum Gasteiger partial charge on any atom is -0.462 e. The maximum absolute atomic E-state index is 13.1. The standard InChI is InChI=1S/C73H142O17P2/c1-8-9-10-11-12-13-18-25-33-40-47-54-70(75)83-61-69(90-73(78)57-50-43-36-29-28-32-39-46-53-66(6)7)63-88-92(81,82)86-59-67(74)58-85-91(79,80)87-62-68(60-84-71(76)55-48-41-34-26-22-21-24-31-38-45-52-65(4)5)89-72(77)56-49-42-35-27-20-17-15-14-16-19-23-30-37-44-51-64(2)3/h64-69,74H,8-63H2,1-7H3,(H,79,80)(H,81,82)/t67-,68-,69-/m1/s1. The number of unbranched alkanes of at least 4 members (excludes halogenated alkanes) is 39. The minimum absolute atomic E-state index is 0.104. The number of phosphoric acid groups is 2. The van der Waals surface area contributed by atoms with Gasteiger partial charge < -0.3 is 33.8 Å². The smallest absolute Gasteiger partial charge is 0.462 e. The number of aliphatic hydroxyl groups is 1. The van der Waals surface area contributed by atoms with Crippen molar-refractivity contribution in [2.24, 2.45) is 17.8 Å². The van der Waals surface area contributed by atoms with E-state index in [-0.39, 0.29) is 25.7 Å². The molecule has 0 aliphatic heterocycles. The quantitative estimate of drug-likeness (QED) is 0.0222. The van der Waals surface area contributed by atoms with E-state index in [9.17, 15) is 43.2 Å². The number of esters is 4. The van der Waals surface area contributed by atoms with Crippen molar-refractivity contribution in [1.29, 1.82) is 0 Å². The maximum atomic E-state index is 13.1. The Hall–Kier alpha value is -1.94. The van der Waals surface area contributed by atoms with E-state index in [4.69, 9.17) is 37.0 Å². The van der Waals surface area contributed by atoms with E-state index in [2.05, 4.69) is 48.5 Å². The zero-order valence-corrected chi connectivity index (χ0v) is 61.8. The third kappa shape index (κ3) is 66.7. The highest BCUT2D eigenvalue weighted by Gasteiger charge is 2.30. The molecule has 0 heterocycles. The van der Waals surface area contributed by atoms with Crippen molar-refractivity contribution < 1.29 is 80.2 Å². The zero-order valence-electron chi connectivity index (χ0n) is 60.0. The Bertz CT molecular complexity index is 1800. The first-order valence-electron chi connectivity index (χ1n) is 37.8. The van der Waals surface area contributed by atoms with E-state index in [0.717, 1.165) is 108 Å². The predicted molar refractivity (Wildman–Crippen MR) is 372 cm³/mol. The molecule has 0 radical (unpaired) electrons. The van der Waals surface area contributed by atoms with Crippen molar-refractivity contribution in [3.8, 4) is 0 Å². The summed E-state index contributed by atoms with van der Waals surface area (Å²) in [6, 6.07) is 0. The van der Waals surface area contributed by atoms with Gasteiger partial charge in [-0.3, -0.25) is 37.3 Å². The summed E-state index contributed by atoms with van der Waals surface area (Å²) in [5, 5.41) is 10.6. The summed E-state index contributed by atoms with van der Waals surface area (Å²) >= 11 is 0. The number of rotatable bonds is 71. The van der Waals surface area contributed by atoms with Crippen LogP contribution < -0.4 is 0 Å². The average Bonchev–Trinajstić information content (AvgIpc) is 1.52. The molecule has 17 nitrogen and oxygen atoms in total. The summed E-state index contributed by atoms with van der Waals surface area (Å²) in [6.45, 7) is 11.8. The average molecular weight is 1350 g/mol. The largest absolute Gasteiger partial charge is 0.472 e. The molecule has 0 saturated carbocycles. The van der Waals surface area contributed by atoms with Crippen LogP contribution in [0.2, 0.25) is 0 Å².